The Balaban J connectivity index is 2.39. The van der Waals surface area contributed by atoms with Gasteiger partial charge < -0.3 is 5.32 Å². The van der Waals surface area contributed by atoms with Crippen molar-refractivity contribution in [3.8, 4) is 0 Å². The molecule has 0 fully saturated rings. The van der Waals surface area contributed by atoms with Crippen LogP contribution in [0.25, 0.3) is 0 Å². The molecule has 0 radical (unpaired) electrons. The molecule has 1 unspecified atom stereocenters. The number of hydrogen-bond acceptors (Lipinski definition) is 3. The summed E-state index contributed by atoms with van der Waals surface area (Å²) < 4.78 is 0. The fourth-order valence-corrected chi connectivity index (χ4v) is 1.94. The first-order chi connectivity index (χ1) is 8.22. The van der Waals surface area contributed by atoms with Gasteiger partial charge in [0.1, 0.15) is 0 Å². The van der Waals surface area contributed by atoms with E-state index in [0.717, 1.165) is 11.3 Å². The third-order valence-corrected chi connectivity index (χ3v) is 3.18. The largest absolute Gasteiger partial charge is 0.308 e. The van der Waals surface area contributed by atoms with Crippen LogP contribution in [0.4, 0.5) is 0 Å². The smallest absolute Gasteiger partial charge is 0.0801 e. The van der Waals surface area contributed by atoms with Crippen LogP contribution in [0.15, 0.2) is 36.8 Å². The van der Waals surface area contributed by atoms with Crippen LogP contribution < -0.4 is 5.32 Å². The number of aromatic nitrogens is 2. The predicted molar refractivity (Wildman–Crippen MR) is 69.4 cm³/mol. The van der Waals surface area contributed by atoms with Crippen molar-refractivity contribution in [3.05, 3.63) is 58.1 Å². The Kier molecular flexibility index (Phi) is 3.94. The first kappa shape index (κ1) is 12.3. The maximum Gasteiger partial charge on any atom is 0.0801 e. The Morgan fingerprint density at radius 2 is 2.00 bits per heavy atom. The lowest BCUT2D eigenvalue weighted by Gasteiger charge is -2.16. The van der Waals surface area contributed by atoms with Crippen molar-refractivity contribution in [1.82, 2.24) is 15.3 Å². The molecular formula is C12H11Cl2N3. The van der Waals surface area contributed by atoms with Gasteiger partial charge >= 0.3 is 0 Å². The fourth-order valence-electron chi connectivity index (χ4n) is 1.64. The van der Waals surface area contributed by atoms with Crippen LogP contribution in [0.2, 0.25) is 10.0 Å². The molecule has 1 aromatic heterocycles. The maximum atomic E-state index is 6.01. The minimum atomic E-state index is -0.0431. The van der Waals surface area contributed by atoms with Crippen LogP contribution in [0, 0.1) is 0 Å². The molecule has 2 rings (SSSR count). The minimum absolute atomic E-state index is 0.0431. The Hall–Kier alpha value is -1.16. The van der Waals surface area contributed by atoms with E-state index >= 15 is 0 Å². The van der Waals surface area contributed by atoms with E-state index in [4.69, 9.17) is 23.2 Å². The van der Waals surface area contributed by atoms with Gasteiger partial charge in [0.2, 0.25) is 0 Å². The van der Waals surface area contributed by atoms with Crippen molar-refractivity contribution in [2.24, 2.45) is 0 Å². The van der Waals surface area contributed by atoms with Gasteiger partial charge in [0.25, 0.3) is 0 Å². The second kappa shape index (κ2) is 5.45. The van der Waals surface area contributed by atoms with Gasteiger partial charge in [0.05, 0.1) is 28.0 Å². The Bertz CT molecular complexity index is 502. The molecule has 3 nitrogen and oxygen atoms in total. The molecule has 1 heterocycles. The topological polar surface area (TPSA) is 37.8 Å². The van der Waals surface area contributed by atoms with E-state index in [9.17, 15) is 0 Å². The van der Waals surface area contributed by atoms with E-state index in [1.165, 1.54) is 0 Å². The van der Waals surface area contributed by atoms with Gasteiger partial charge in [-0.05, 0) is 24.7 Å². The van der Waals surface area contributed by atoms with Gasteiger partial charge in [-0.1, -0.05) is 29.3 Å². The molecule has 1 atom stereocenters. The number of nitrogens with zero attached hydrogens (tertiary/aromatic N) is 2. The molecule has 88 valence electrons. The fraction of sp³-hybridized carbons (Fsp3) is 0.167. The Labute approximate surface area is 110 Å². The highest BCUT2D eigenvalue weighted by Gasteiger charge is 2.14. The normalized spacial score (nSPS) is 12.4. The van der Waals surface area contributed by atoms with Crippen molar-refractivity contribution < 1.29 is 0 Å². The van der Waals surface area contributed by atoms with Gasteiger partial charge in [-0.25, -0.2) is 0 Å². The SMILES string of the molecule is CNC(c1ccc(Cl)c(Cl)c1)c1cnccn1. The van der Waals surface area contributed by atoms with Crippen LogP contribution in [-0.4, -0.2) is 17.0 Å². The summed E-state index contributed by atoms with van der Waals surface area (Å²) in [6.45, 7) is 0. The zero-order valence-electron chi connectivity index (χ0n) is 9.19. The lowest BCUT2D eigenvalue weighted by atomic mass is 10.0. The van der Waals surface area contributed by atoms with Crippen molar-refractivity contribution in [1.29, 1.82) is 0 Å². The zero-order valence-corrected chi connectivity index (χ0v) is 10.7. The Morgan fingerprint density at radius 1 is 1.18 bits per heavy atom. The van der Waals surface area contributed by atoms with Gasteiger partial charge in [-0.2, -0.15) is 0 Å². The molecule has 1 aromatic carbocycles. The van der Waals surface area contributed by atoms with Gasteiger partial charge in [0.15, 0.2) is 0 Å². The van der Waals surface area contributed by atoms with Gasteiger partial charge in [0, 0.05) is 12.4 Å². The molecule has 0 aliphatic carbocycles. The molecule has 5 heteroatoms. The lowest BCUT2D eigenvalue weighted by molar-refractivity contribution is 0.667. The van der Waals surface area contributed by atoms with E-state index in [1.54, 1.807) is 24.7 Å². The number of halogens is 2. The first-order valence-corrected chi connectivity index (χ1v) is 5.86. The number of rotatable bonds is 3. The Morgan fingerprint density at radius 3 is 2.59 bits per heavy atom. The summed E-state index contributed by atoms with van der Waals surface area (Å²) in [5, 5.41) is 4.26. The average Bonchev–Trinajstić information content (AvgIpc) is 2.36. The van der Waals surface area contributed by atoms with E-state index in [1.807, 2.05) is 19.2 Å². The molecule has 2 aromatic rings. The van der Waals surface area contributed by atoms with Crippen LogP contribution in [0.3, 0.4) is 0 Å². The molecule has 0 bridgehead atoms. The third-order valence-electron chi connectivity index (χ3n) is 2.44. The summed E-state index contributed by atoms with van der Waals surface area (Å²) in [4.78, 5) is 8.33. The molecule has 0 amide bonds. The standard InChI is InChI=1S/C12H11Cl2N3/c1-15-12(11-7-16-4-5-17-11)8-2-3-9(13)10(14)6-8/h2-7,12,15H,1H3. The molecule has 0 saturated heterocycles. The molecule has 0 spiro atoms. The highest BCUT2D eigenvalue weighted by Crippen LogP contribution is 2.27. The van der Waals surface area contributed by atoms with E-state index in [-0.39, 0.29) is 6.04 Å². The highest BCUT2D eigenvalue weighted by atomic mass is 35.5. The summed E-state index contributed by atoms with van der Waals surface area (Å²) >= 11 is 11.9. The van der Waals surface area contributed by atoms with E-state index < -0.39 is 0 Å². The molecule has 17 heavy (non-hydrogen) atoms. The van der Waals surface area contributed by atoms with Crippen molar-refractivity contribution >= 4 is 23.2 Å². The molecule has 1 N–H and O–H groups in total. The lowest BCUT2D eigenvalue weighted by Crippen LogP contribution is -2.19. The number of hydrogen-bond donors (Lipinski definition) is 1. The summed E-state index contributed by atoms with van der Waals surface area (Å²) in [7, 11) is 1.86. The quantitative estimate of drug-likeness (QED) is 0.929. The second-order valence-electron chi connectivity index (χ2n) is 3.53. The van der Waals surface area contributed by atoms with E-state index in [2.05, 4.69) is 15.3 Å². The molecular weight excluding hydrogens is 257 g/mol. The molecule has 0 aliphatic heterocycles. The van der Waals surface area contributed by atoms with Crippen LogP contribution in [0.1, 0.15) is 17.3 Å². The maximum absolute atomic E-state index is 6.01. The van der Waals surface area contributed by atoms with Crippen LogP contribution >= 0.6 is 23.2 Å². The second-order valence-corrected chi connectivity index (χ2v) is 4.34. The van der Waals surface area contributed by atoms with E-state index in [0.29, 0.717) is 10.0 Å². The highest BCUT2D eigenvalue weighted by molar-refractivity contribution is 6.42. The average molecular weight is 268 g/mol. The van der Waals surface area contributed by atoms with Crippen LogP contribution in [0.5, 0.6) is 0 Å². The summed E-state index contributed by atoms with van der Waals surface area (Å²) in [6.07, 6.45) is 5.03. The number of nitrogens with one attached hydrogen (secondary N) is 1. The van der Waals surface area contributed by atoms with Gasteiger partial charge in [-0.3, -0.25) is 9.97 Å². The van der Waals surface area contributed by atoms with Crippen molar-refractivity contribution in [3.63, 3.8) is 0 Å². The monoisotopic (exact) mass is 267 g/mol. The first-order valence-electron chi connectivity index (χ1n) is 5.10. The van der Waals surface area contributed by atoms with Crippen molar-refractivity contribution in [2.45, 2.75) is 6.04 Å². The minimum Gasteiger partial charge on any atom is -0.308 e. The zero-order chi connectivity index (χ0) is 12.3. The predicted octanol–water partition coefficient (Wildman–Crippen LogP) is 3.09. The van der Waals surface area contributed by atoms with Crippen molar-refractivity contribution in [2.75, 3.05) is 7.05 Å². The summed E-state index contributed by atoms with van der Waals surface area (Å²) in [5.41, 5.74) is 1.84. The summed E-state index contributed by atoms with van der Waals surface area (Å²) in [5.74, 6) is 0. The molecule has 0 aliphatic rings. The summed E-state index contributed by atoms with van der Waals surface area (Å²) in [6, 6.07) is 5.49. The van der Waals surface area contributed by atoms with Gasteiger partial charge in [-0.15, -0.1) is 0 Å². The molecule has 0 saturated carbocycles. The van der Waals surface area contributed by atoms with Crippen LogP contribution in [-0.2, 0) is 0 Å². The third kappa shape index (κ3) is 2.75. The number of benzene rings is 1.